The van der Waals surface area contributed by atoms with E-state index in [0.29, 0.717) is 10.7 Å². The van der Waals surface area contributed by atoms with Crippen LogP contribution in [-0.2, 0) is 4.79 Å². The fourth-order valence-electron chi connectivity index (χ4n) is 1.75. The lowest BCUT2D eigenvalue weighted by atomic mass is 10.1. The zero-order valence-electron chi connectivity index (χ0n) is 12.7. The van der Waals surface area contributed by atoms with E-state index in [1.807, 2.05) is 0 Å². The van der Waals surface area contributed by atoms with Gasteiger partial charge in [0.1, 0.15) is 5.82 Å². The van der Waals surface area contributed by atoms with Crippen molar-refractivity contribution < 1.29 is 14.3 Å². The summed E-state index contributed by atoms with van der Waals surface area (Å²) in [5, 5.41) is 12.7. The Kier molecular flexibility index (Phi) is 6.36. The van der Waals surface area contributed by atoms with Gasteiger partial charge < -0.3 is 10.4 Å². The molecule has 0 aromatic heterocycles. The van der Waals surface area contributed by atoms with Gasteiger partial charge >= 0.3 is 0 Å². The average molecular weight is 312 g/mol. The Morgan fingerprint density at radius 1 is 1.48 bits per heavy atom. The molecule has 4 nitrogen and oxygen atoms in total. The molecule has 0 heterocycles. The molecule has 1 rings (SSSR count). The summed E-state index contributed by atoms with van der Waals surface area (Å²) in [5.74, 6) is -0.645. The highest BCUT2D eigenvalue weighted by molar-refractivity contribution is 8.13. The van der Waals surface area contributed by atoms with Crippen molar-refractivity contribution in [2.24, 2.45) is 4.99 Å². The summed E-state index contributed by atoms with van der Waals surface area (Å²) in [5.41, 5.74) is -0.606. The van der Waals surface area contributed by atoms with Crippen LogP contribution in [0.3, 0.4) is 0 Å². The van der Waals surface area contributed by atoms with Gasteiger partial charge in [-0.25, -0.2) is 4.39 Å². The highest BCUT2D eigenvalue weighted by Gasteiger charge is 2.19. The SMILES string of the molecule is CSC(=N[C@@H](C)c1ccccc1F)NC(=O)CC(C)(C)O. The van der Waals surface area contributed by atoms with Gasteiger partial charge in [-0.2, -0.15) is 0 Å². The van der Waals surface area contributed by atoms with E-state index in [2.05, 4.69) is 10.3 Å². The number of nitrogens with one attached hydrogen (secondary N) is 1. The number of carbonyl (C=O) groups excluding carboxylic acids is 1. The Balaban J connectivity index is 2.80. The van der Waals surface area contributed by atoms with Crippen LogP contribution >= 0.6 is 11.8 Å². The van der Waals surface area contributed by atoms with Gasteiger partial charge in [-0.3, -0.25) is 9.79 Å². The number of amides is 1. The van der Waals surface area contributed by atoms with Gasteiger partial charge in [-0.1, -0.05) is 30.0 Å². The lowest BCUT2D eigenvalue weighted by molar-refractivity contribution is -0.123. The molecule has 0 aliphatic heterocycles. The zero-order valence-corrected chi connectivity index (χ0v) is 13.5. The van der Waals surface area contributed by atoms with Gasteiger partial charge in [0.05, 0.1) is 18.1 Å². The molecule has 6 heteroatoms. The van der Waals surface area contributed by atoms with Crippen molar-refractivity contribution in [1.82, 2.24) is 5.32 Å². The molecule has 1 amide bonds. The molecule has 1 aromatic rings. The van der Waals surface area contributed by atoms with Crippen LogP contribution in [0, 0.1) is 5.82 Å². The summed E-state index contributed by atoms with van der Waals surface area (Å²) < 4.78 is 13.7. The Bertz CT molecular complexity index is 527. The number of hydrogen-bond acceptors (Lipinski definition) is 4. The fourth-order valence-corrected chi connectivity index (χ4v) is 2.23. The summed E-state index contributed by atoms with van der Waals surface area (Å²) in [6, 6.07) is 6.01. The van der Waals surface area contributed by atoms with E-state index in [-0.39, 0.29) is 18.1 Å². The number of rotatable bonds is 4. The maximum absolute atomic E-state index is 13.7. The van der Waals surface area contributed by atoms with Crippen molar-refractivity contribution in [3.8, 4) is 0 Å². The topological polar surface area (TPSA) is 61.7 Å². The number of aliphatic imine (C=N–C) groups is 1. The van der Waals surface area contributed by atoms with Crippen molar-refractivity contribution >= 4 is 22.8 Å². The molecule has 0 fully saturated rings. The first-order valence-corrected chi connectivity index (χ1v) is 7.84. The molecule has 0 spiro atoms. The van der Waals surface area contributed by atoms with Crippen molar-refractivity contribution in [1.29, 1.82) is 0 Å². The van der Waals surface area contributed by atoms with Crippen LogP contribution in [0.2, 0.25) is 0 Å². The molecule has 1 atom stereocenters. The predicted molar refractivity (Wildman–Crippen MR) is 84.8 cm³/mol. The predicted octanol–water partition coefficient (Wildman–Crippen LogP) is 2.88. The number of carbonyl (C=O) groups is 1. The minimum absolute atomic E-state index is 0.0271. The largest absolute Gasteiger partial charge is 0.390 e. The first kappa shape index (κ1) is 17.7. The molecule has 0 aliphatic carbocycles. The van der Waals surface area contributed by atoms with E-state index in [4.69, 9.17) is 0 Å². The van der Waals surface area contributed by atoms with Gasteiger partial charge in [-0.15, -0.1) is 0 Å². The van der Waals surface area contributed by atoms with E-state index in [1.54, 1.807) is 45.2 Å². The van der Waals surface area contributed by atoms with Crippen LogP contribution in [0.15, 0.2) is 29.3 Å². The molecule has 0 saturated carbocycles. The number of thioether (sulfide) groups is 1. The van der Waals surface area contributed by atoms with Crippen LogP contribution in [-0.4, -0.2) is 28.0 Å². The molecular formula is C15H21FN2O2S. The Labute approximate surface area is 128 Å². The van der Waals surface area contributed by atoms with Gasteiger partial charge in [-0.05, 0) is 33.1 Å². The third-order valence-corrected chi connectivity index (χ3v) is 3.29. The maximum atomic E-state index is 13.7. The second-order valence-electron chi connectivity index (χ2n) is 5.37. The van der Waals surface area contributed by atoms with Crippen LogP contribution in [0.1, 0.15) is 38.8 Å². The summed E-state index contributed by atoms with van der Waals surface area (Å²) in [6.45, 7) is 4.88. The number of benzene rings is 1. The molecule has 21 heavy (non-hydrogen) atoms. The normalized spacial score (nSPS) is 13.9. The van der Waals surface area contributed by atoms with Gasteiger partial charge in [0.2, 0.25) is 5.91 Å². The van der Waals surface area contributed by atoms with Crippen LogP contribution in [0.4, 0.5) is 4.39 Å². The summed E-state index contributed by atoms with van der Waals surface area (Å²) in [7, 11) is 0. The smallest absolute Gasteiger partial charge is 0.228 e. The van der Waals surface area contributed by atoms with Crippen LogP contribution in [0.25, 0.3) is 0 Å². The van der Waals surface area contributed by atoms with Crippen molar-refractivity contribution in [2.45, 2.75) is 38.8 Å². The third kappa shape index (κ3) is 6.27. The summed E-state index contributed by atoms with van der Waals surface area (Å²) in [4.78, 5) is 16.1. The fraction of sp³-hybridized carbons (Fsp3) is 0.467. The van der Waals surface area contributed by atoms with E-state index >= 15 is 0 Å². The van der Waals surface area contributed by atoms with Gasteiger partial charge in [0, 0.05) is 5.56 Å². The number of halogens is 1. The van der Waals surface area contributed by atoms with Crippen LogP contribution < -0.4 is 5.32 Å². The molecule has 0 radical (unpaired) electrons. The minimum Gasteiger partial charge on any atom is -0.390 e. The quantitative estimate of drug-likeness (QED) is 0.664. The molecule has 116 valence electrons. The highest BCUT2D eigenvalue weighted by atomic mass is 32.2. The summed E-state index contributed by atoms with van der Waals surface area (Å²) >= 11 is 1.27. The molecule has 2 N–H and O–H groups in total. The Morgan fingerprint density at radius 2 is 2.10 bits per heavy atom. The number of hydrogen-bond donors (Lipinski definition) is 2. The minimum atomic E-state index is -1.08. The van der Waals surface area contributed by atoms with Crippen molar-refractivity contribution in [3.63, 3.8) is 0 Å². The second-order valence-corrected chi connectivity index (χ2v) is 6.17. The highest BCUT2D eigenvalue weighted by Crippen LogP contribution is 2.21. The molecule has 1 aromatic carbocycles. The molecule has 0 aliphatic rings. The first-order valence-electron chi connectivity index (χ1n) is 6.61. The maximum Gasteiger partial charge on any atom is 0.228 e. The number of aliphatic hydroxyl groups is 1. The molecular weight excluding hydrogens is 291 g/mol. The lowest BCUT2D eigenvalue weighted by Crippen LogP contribution is -2.35. The van der Waals surface area contributed by atoms with Crippen molar-refractivity contribution in [2.75, 3.05) is 6.26 Å². The van der Waals surface area contributed by atoms with E-state index < -0.39 is 11.6 Å². The monoisotopic (exact) mass is 312 g/mol. The zero-order chi connectivity index (χ0) is 16.0. The van der Waals surface area contributed by atoms with Gasteiger partial charge in [0.15, 0.2) is 5.17 Å². The average Bonchev–Trinajstić information content (AvgIpc) is 2.36. The molecule has 0 bridgehead atoms. The lowest BCUT2D eigenvalue weighted by Gasteiger charge is -2.17. The third-order valence-electron chi connectivity index (χ3n) is 2.70. The second kappa shape index (κ2) is 7.56. The first-order chi connectivity index (χ1) is 9.73. The van der Waals surface area contributed by atoms with Gasteiger partial charge in [0.25, 0.3) is 0 Å². The van der Waals surface area contributed by atoms with Crippen molar-refractivity contribution in [3.05, 3.63) is 35.6 Å². The number of nitrogens with zero attached hydrogens (tertiary/aromatic N) is 1. The van der Waals surface area contributed by atoms with Crippen LogP contribution in [0.5, 0.6) is 0 Å². The Morgan fingerprint density at radius 3 is 2.62 bits per heavy atom. The molecule has 0 saturated heterocycles. The van der Waals surface area contributed by atoms with E-state index in [0.717, 1.165) is 0 Å². The standard InChI is InChI=1S/C15H21FN2O2S/c1-10(11-7-5-6-8-12(11)16)17-14(21-4)18-13(19)9-15(2,3)20/h5-8,10,20H,9H2,1-4H3,(H,17,18,19)/t10-/m0/s1. The summed E-state index contributed by atoms with van der Waals surface area (Å²) in [6.07, 6.45) is 1.75. The van der Waals surface area contributed by atoms with E-state index in [9.17, 15) is 14.3 Å². The van der Waals surface area contributed by atoms with E-state index in [1.165, 1.54) is 17.8 Å². The number of amidine groups is 1. The molecule has 0 unspecified atom stereocenters. The Hall–Kier alpha value is -1.40.